The Hall–Kier alpha value is -1.88. The van der Waals surface area contributed by atoms with Gasteiger partial charge in [-0.3, -0.25) is 0 Å². The number of carboxylic acid groups (broad SMARTS) is 1. The summed E-state index contributed by atoms with van der Waals surface area (Å²) in [6.07, 6.45) is 0. The van der Waals surface area contributed by atoms with E-state index in [9.17, 15) is 4.79 Å². The molecule has 2 aromatic rings. The molecule has 0 radical (unpaired) electrons. The number of thiazole rings is 1. The fourth-order valence-corrected chi connectivity index (χ4v) is 1.84. The lowest BCUT2D eigenvalue weighted by Crippen LogP contribution is -2.01. The van der Waals surface area contributed by atoms with Crippen molar-refractivity contribution in [1.29, 1.82) is 0 Å². The first-order chi connectivity index (χ1) is 7.77. The minimum Gasteiger partial charge on any atom is -0.477 e. The SMILES string of the molecule is O=C(O)c1ncsc1OCc1ccccc1. The van der Waals surface area contributed by atoms with Crippen molar-refractivity contribution in [2.24, 2.45) is 0 Å². The van der Waals surface area contributed by atoms with E-state index in [-0.39, 0.29) is 5.69 Å². The average molecular weight is 235 g/mol. The van der Waals surface area contributed by atoms with E-state index in [4.69, 9.17) is 9.84 Å². The Morgan fingerprint density at radius 2 is 2.12 bits per heavy atom. The van der Waals surface area contributed by atoms with E-state index in [1.165, 1.54) is 16.8 Å². The zero-order valence-electron chi connectivity index (χ0n) is 8.29. The lowest BCUT2D eigenvalue weighted by Gasteiger charge is -2.03. The summed E-state index contributed by atoms with van der Waals surface area (Å²) in [6.45, 7) is 0.351. The van der Waals surface area contributed by atoms with Crippen LogP contribution in [-0.4, -0.2) is 16.1 Å². The number of hydrogen-bond acceptors (Lipinski definition) is 4. The van der Waals surface area contributed by atoms with E-state index in [1.54, 1.807) is 0 Å². The Morgan fingerprint density at radius 3 is 2.81 bits per heavy atom. The van der Waals surface area contributed by atoms with Crippen molar-refractivity contribution in [3.05, 3.63) is 47.1 Å². The number of carboxylic acids is 1. The number of aromatic carboxylic acids is 1. The van der Waals surface area contributed by atoms with Crippen LogP contribution in [0, 0.1) is 0 Å². The number of nitrogens with zero attached hydrogens (tertiary/aromatic N) is 1. The van der Waals surface area contributed by atoms with Crippen molar-refractivity contribution in [1.82, 2.24) is 4.98 Å². The second kappa shape index (κ2) is 4.76. The summed E-state index contributed by atoms with van der Waals surface area (Å²) < 4.78 is 5.40. The lowest BCUT2D eigenvalue weighted by molar-refractivity contribution is 0.0686. The molecule has 5 heteroatoms. The minimum absolute atomic E-state index is 0.0269. The molecule has 1 N–H and O–H groups in total. The second-order valence-corrected chi connectivity index (χ2v) is 3.89. The highest BCUT2D eigenvalue weighted by molar-refractivity contribution is 7.11. The number of aromatic nitrogens is 1. The second-order valence-electron chi connectivity index (χ2n) is 3.07. The molecule has 1 heterocycles. The monoisotopic (exact) mass is 235 g/mol. The quantitative estimate of drug-likeness (QED) is 0.884. The van der Waals surface area contributed by atoms with E-state index in [0.29, 0.717) is 11.7 Å². The van der Waals surface area contributed by atoms with Gasteiger partial charge in [0.2, 0.25) is 10.8 Å². The molecule has 0 bridgehead atoms. The summed E-state index contributed by atoms with van der Waals surface area (Å²) in [5.74, 6) is -1.07. The van der Waals surface area contributed by atoms with Gasteiger partial charge in [-0.15, -0.1) is 0 Å². The van der Waals surface area contributed by atoms with Crippen LogP contribution < -0.4 is 4.74 Å². The van der Waals surface area contributed by atoms with Crippen LogP contribution in [0.1, 0.15) is 16.1 Å². The normalized spacial score (nSPS) is 10.0. The smallest absolute Gasteiger partial charge is 0.359 e. The Bertz CT molecular complexity index is 481. The number of ether oxygens (including phenoxy) is 1. The number of rotatable bonds is 4. The molecule has 0 fully saturated rings. The molecule has 0 saturated carbocycles. The first kappa shape index (κ1) is 10.6. The summed E-state index contributed by atoms with van der Waals surface area (Å²) in [7, 11) is 0. The van der Waals surface area contributed by atoms with Gasteiger partial charge in [0.15, 0.2) is 0 Å². The predicted molar refractivity (Wildman–Crippen MR) is 59.8 cm³/mol. The molecule has 0 aliphatic rings. The van der Waals surface area contributed by atoms with Gasteiger partial charge in [-0.1, -0.05) is 41.7 Å². The number of hydrogen-bond donors (Lipinski definition) is 1. The van der Waals surface area contributed by atoms with Gasteiger partial charge in [-0.25, -0.2) is 9.78 Å². The lowest BCUT2D eigenvalue weighted by atomic mass is 10.2. The number of benzene rings is 1. The molecule has 82 valence electrons. The highest BCUT2D eigenvalue weighted by Crippen LogP contribution is 2.24. The van der Waals surface area contributed by atoms with Crippen molar-refractivity contribution in [3.63, 3.8) is 0 Å². The summed E-state index contributed by atoms with van der Waals surface area (Å²) in [4.78, 5) is 14.5. The maximum atomic E-state index is 10.8. The Morgan fingerprint density at radius 1 is 1.38 bits per heavy atom. The van der Waals surface area contributed by atoms with Crippen LogP contribution >= 0.6 is 11.3 Å². The molecule has 0 aliphatic heterocycles. The van der Waals surface area contributed by atoms with E-state index in [0.717, 1.165) is 5.56 Å². The van der Waals surface area contributed by atoms with Gasteiger partial charge in [0.05, 0.1) is 5.51 Å². The van der Waals surface area contributed by atoms with E-state index in [2.05, 4.69) is 4.98 Å². The number of carbonyl (C=O) groups is 1. The topological polar surface area (TPSA) is 59.4 Å². The fraction of sp³-hybridized carbons (Fsp3) is 0.0909. The van der Waals surface area contributed by atoms with Gasteiger partial charge >= 0.3 is 5.97 Å². The van der Waals surface area contributed by atoms with Crippen molar-refractivity contribution in [2.75, 3.05) is 0 Å². The van der Waals surface area contributed by atoms with E-state index >= 15 is 0 Å². The third kappa shape index (κ3) is 2.38. The molecule has 0 amide bonds. The van der Waals surface area contributed by atoms with Crippen molar-refractivity contribution >= 4 is 17.3 Å². The maximum absolute atomic E-state index is 10.8. The van der Waals surface area contributed by atoms with Crippen molar-refractivity contribution in [2.45, 2.75) is 6.61 Å². The molecule has 2 rings (SSSR count). The average Bonchev–Trinajstić information content (AvgIpc) is 2.76. The Balaban J connectivity index is 2.05. The standard InChI is InChI=1S/C11H9NO3S/c13-10(14)9-11(16-7-12-9)15-6-8-4-2-1-3-5-8/h1-5,7H,6H2,(H,13,14). The van der Waals surface area contributed by atoms with Gasteiger partial charge in [-0.05, 0) is 5.56 Å². The minimum atomic E-state index is -1.07. The highest BCUT2D eigenvalue weighted by Gasteiger charge is 2.14. The third-order valence-electron chi connectivity index (χ3n) is 1.95. The van der Waals surface area contributed by atoms with Crippen LogP contribution in [0.5, 0.6) is 5.06 Å². The Kier molecular flexibility index (Phi) is 3.16. The van der Waals surface area contributed by atoms with E-state index in [1.807, 2.05) is 30.3 Å². The van der Waals surface area contributed by atoms with Crippen LogP contribution in [0.4, 0.5) is 0 Å². The highest BCUT2D eigenvalue weighted by atomic mass is 32.1. The molecule has 1 aromatic heterocycles. The summed E-state index contributed by atoms with van der Waals surface area (Å²) in [6, 6.07) is 9.56. The zero-order valence-corrected chi connectivity index (χ0v) is 9.11. The van der Waals surface area contributed by atoms with Crippen LogP contribution in [0.25, 0.3) is 0 Å². The molecule has 0 saturated heterocycles. The van der Waals surface area contributed by atoms with Gasteiger partial charge < -0.3 is 9.84 Å². The molecule has 0 aliphatic carbocycles. The fourth-order valence-electron chi connectivity index (χ4n) is 1.20. The Labute approximate surface area is 96.1 Å². The van der Waals surface area contributed by atoms with Gasteiger partial charge in [0, 0.05) is 0 Å². The first-order valence-corrected chi connectivity index (χ1v) is 5.49. The zero-order chi connectivity index (χ0) is 11.4. The summed E-state index contributed by atoms with van der Waals surface area (Å²) in [5.41, 5.74) is 2.43. The summed E-state index contributed by atoms with van der Waals surface area (Å²) in [5, 5.41) is 9.16. The molecule has 0 atom stereocenters. The van der Waals surface area contributed by atoms with Gasteiger partial charge in [0.1, 0.15) is 6.61 Å². The van der Waals surface area contributed by atoms with Gasteiger partial charge in [-0.2, -0.15) is 0 Å². The molecular weight excluding hydrogens is 226 g/mol. The third-order valence-corrected chi connectivity index (χ3v) is 2.69. The molecule has 0 unspecified atom stereocenters. The van der Waals surface area contributed by atoms with Crippen molar-refractivity contribution < 1.29 is 14.6 Å². The van der Waals surface area contributed by atoms with Crippen LogP contribution in [0.2, 0.25) is 0 Å². The van der Waals surface area contributed by atoms with E-state index < -0.39 is 5.97 Å². The molecule has 1 aromatic carbocycles. The van der Waals surface area contributed by atoms with Crippen LogP contribution in [0.15, 0.2) is 35.8 Å². The maximum Gasteiger partial charge on any atom is 0.359 e. The summed E-state index contributed by atoms with van der Waals surface area (Å²) >= 11 is 1.18. The largest absolute Gasteiger partial charge is 0.477 e. The van der Waals surface area contributed by atoms with Crippen molar-refractivity contribution in [3.8, 4) is 5.06 Å². The molecule has 0 spiro atoms. The van der Waals surface area contributed by atoms with Gasteiger partial charge in [0.25, 0.3) is 0 Å². The molecule has 16 heavy (non-hydrogen) atoms. The van der Waals surface area contributed by atoms with Crippen LogP contribution in [0.3, 0.4) is 0 Å². The van der Waals surface area contributed by atoms with Crippen LogP contribution in [-0.2, 0) is 6.61 Å². The first-order valence-electron chi connectivity index (χ1n) is 4.61. The molecule has 4 nitrogen and oxygen atoms in total. The molecular formula is C11H9NO3S. The predicted octanol–water partition coefficient (Wildman–Crippen LogP) is 2.42.